The van der Waals surface area contributed by atoms with Crippen molar-refractivity contribution in [2.75, 3.05) is 18.4 Å². The van der Waals surface area contributed by atoms with Gasteiger partial charge in [0.25, 0.3) is 6.01 Å². The summed E-state index contributed by atoms with van der Waals surface area (Å²) in [6.45, 7) is 2.13. The Labute approximate surface area is 71.4 Å². The average molecular weight is 167 g/mol. The molecule has 1 atom stereocenters. The molecule has 2 heterocycles. The van der Waals surface area contributed by atoms with Crippen molar-refractivity contribution in [3.05, 3.63) is 12.5 Å². The number of aromatic nitrogens is 1. The Hall–Kier alpha value is -1.03. The molecule has 0 radical (unpaired) electrons. The van der Waals surface area contributed by atoms with Gasteiger partial charge in [-0.05, 0) is 19.4 Å². The Bertz CT molecular complexity index is 216. The van der Waals surface area contributed by atoms with E-state index in [-0.39, 0.29) is 0 Å². The monoisotopic (exact) mass is 167 g/mol. The molecular formula is C8H13N3O. The zero-order chi connectivity index (χ0) is 8.23. The zero-order valence-corrected chi connectivity index (χ0v) is 6.92. The highest BCUT2D eigenvalue weighted by Crippen LogP contribution is 2.09. The number of rotatable bonds is 2. The van der Waals surface area contributed by atoms with Crippen LogP contribution in [0.3, 0.4) is 0 Å². The molecule has 1 saturated heterocycles. The van der Waals surface area contributed by atoms with Crippen LogP contribution in [0.1, 0.15) is 12.8 Å². The first-order chi connectivity index (χ1) is 5.95. The van der Waals surface area contributed by atoms with Crippen LogP contribution < -0.4 is 10.6 Å². The largest absolute Gasteiger partial charge is 0.432 e. The van der Waals surface area contributed by atoms with Gasteiger partial charge in [-0.3, -0.25) is 0 Å². The van der Waals surface area contributed by atoms with Crippen LogP contribution in [-0.4, -0.2) is 24.1 Å². The van der Waals surface area contributed by atoms with Crippen molar-refractivity contribution >= 4 is 6.01 Å². The molecule has 0 spiro atoms. The molecule has 0 aliphatic carbocycles. The van der Waals surface area contributed by atoms with Gasteiger partial charge in [-0.25, -0.2) is 4.98 Å². The van der Waals surface area contributed by atoms with Crippen LogP contribution in [0.5, 0.6) is 0 Å². The van der Waals surface area contributed by atoms with Crippen LogP contribution in [-0.2, 0) is 0 Å². The molecule has 0 amide bonds. The summed E-state index contributed by atoms with van der Waals surface area (Å²) in [4.78, 5) is 4.00. The maximum Gasteiger partial charge on any atom is 0.294 e. The second kappa shape index (κ2) is 3.58. The first-order valence-corrected chi connectivity index (χ1v) is 4.32. The lowest BCUT2D eigenvalue weighted by Crippen LogP contribution is -2.38. The predicted molar refractivity (Wildman–Crippen MR) is 46.0 cm³/mol. The Kier molecular flexibility index (Phi) is 2.27. The summed E-state index contributed by atoms with van der Waals surface area (Å²) in [5.41, 5.74) is 0. The van der Waals surface area contributed by atoms with E-state index in [1.165, 1.54) is 12.8 Å². The van der Waals surface area contributed by atoms with Gasteiger partial charge < -0.3 is 15.1 Å². The van der Waals surface area contributed by atoms with Crippen LogP contribution in [0, 0.1) is 0 Å². The van der Waals surface area contributed by atoms with Gasteiger partial charge in [0.2, 0.25) is 0 Å². The highest BCUT2D eigenvalue weighted by molar-refractivity contribution is 5.20. The van der Waals surface area contributed by atoms with Gasteiger partial charge in [0, 0.05) is 12.6 Å². The van der Waals surface area contributed by atoms with Crippen LogP contribution in [0.4, 0.5) is 6.01 Å². The van der Waals surface area contributed by atoms with Crippen molar-refractivity contribution in [3.63, 3.8) is 0 Å². The SMILES string of the molecule is c1coc(NC2CCCNC2)n1. The van der Waals surface area contributed by atoms with E-state index in [0.29, 0.717) is 12.1 Å². The molecule has 2 rings (SSSR count). The molecular weight excluding hydrogens is 154 g/mol. The van der Waals surface area contributed by atoms with Crippen LogP contribution in [0.15, 0.2) is 16.9 Å². The van der Waals surface area contributed by atoms with Crippen LogP contribution >= 0.6 is 0 Å². The number of nitrogens with one attached hydrogen (secondary N) is 2. The van der Waals surface area contributed by atoms with Gasteiger partial charge in [-0.1, -0.05) is 0 Å². The molecule has 0 saturated carbocycles. The van der Waals surface area contributed by atoms with Gasteiger partial charge in [-0.2, -0.15) is 0 Å². The van der Waals surface area contributed by atoms with E-state index in [2.05, 4.69) is 15.6 Å². The Morgan fingerprint density at radius 3 is 3.33 bits per heavy atom. The molecule has 0 aromatic carbocycles. The van der Waals surface area contributed by atoms with Crippen molar-refractivity contribution in [1.29, 1.82) is 0 Å². The maximum absolute atomic E-state index is 5.09. The molecule has 1 unspecified atom stereocenters. The number of hydrogen-bond acceptors (Lipinski definition) is 4. The lowest BCUT2D eigenvalue weighted by Gasteiger charge is -2.22. The first kappa shape index (κ1) is 7.61. The van der Waals surface area contributed by atoms with Gasteiger partial charge >= 0.3 is 0 Å². The second-order valence-corrected chi connectivity index (χ2v) is 3.02. The summed E-state index contributed by atoms with van der Waals surface area (Å²) in [6.07, 6.45) is 5.64. The van der Waals surface area contributed by atoms with E-state index in [1.807, 2.05) is 0 Å². The summed E-state index contributed by atoms with van der Waals surface area (Å²) in [6, 6.07) is 1.10. The standard InChI is InChI=1S/C8H13N3O/c1-2-7(6-9-3-1)11-8-10-4-5-12-8/h4-5,7,9H,1-3,6H2,(H,10,11). The van der Waals surface area contributed by atoms with E-state index in [4.69, 9.17) is 4.42 Å². The topological polar surface area (TPSA) is 50.1 Å². The minimum atomic E-state index is 0.470. The summed E-state index contributed by atoms with van der Waals surface area (Å²) < 4.78 is 5.09. The van der Waals surface area contributed by atoms with E-state index in [9.17, 15) is 0 Å². The van der Waals surface area contributed by atoms with Gasteiger partial charge in [0.05, 0.1) is 6.20 Å². The second-order valence-electron chi connectivity index (χ2n) is 3.02. The highest BCUT2D eigenvalue weighted by atomic mass is 16.4. The molecule has 0 bridgehead atoms. The predicted octanol–water partition coefficient (Wildman–Crippen LogP) is 0.838. The Morgan fingerprint density at radius 2 is 2.67 bits per heavy atom. The minimum absolute atomic E-state index is 0.470. The van der Waals surface area contributed by atoms with Crippen LogP contribution in [0.25, 0.3) is 0 Å². The molecule has 4 heteroatoms. The summed E-state index contributed by atoms with van der Waals surface area (Å²) in [5, 5.41) is 6.54. The number of oxazole rings is 1. The quantitative estimate of drug-likeness (QED) is 0.685. The summed E-state index contributed by atoms with van der Waals surface area (Å²) in [7, 11) is 0. The minimum Gasteiger partial charge on any atom is -0.432 e. The molecule has 1 aliphatic heterocycles. The van der Waals surface area contributed by atoms with Gasteiger partial charge in [0.1, 0.15) is 6.26 Å². The molecule has 4 nitrogen and oxygen atoms in total. The van der Waals surface area contributed by atoms with E-state index in [0.717, 1.165) is 13.1 Å². The first-order valence-electron chi connectivity index (χ1n) is 4.32. The van der Waals surface area contributed by atoms with Crippen molar-refractivity contribution in [2.45, 2.75) is 18.9 Å². The van der Waals surface area contributed by atoms with E-state index >= 15 is 0 Å². The average Bonchev–Trinajstić information content (AvgIpc) is 2.59. The fourth-order valence-corrected chi connectivity index (χ4v) is 1.44. The van der Waals surface area contributed by atoms with E-state index in [1.54, 1.807) is 12.5 Å². The van der Waals surface area contributed by atoms with Gasteiger partial charge in [-0.15, -0.1) is 0 Å². The fourth-order valence-electron chi connectivity index (χ4n) is 1.44. The molecule has 2 N–H and O–H groups in total. The summed E-state index contributed by atoms with van der Waals surface area (Å²) in [5.74, 6) is 0. The number of hydrogen-bond donors (Lipinski definition) is 2. The van der Waals surface area contributed by atoms with E-state index < -0.39 is 0 Å². The summed E-state index contributed by atoms with van der Waals surface area (Å²) >= 11 is 0. The molecule has 1 aromatic heterocycles. The molecule has 66 valence electrons. The van der Waals surface area contributed by atoms with Crippen molar-refractivity contribution < 1.29 is 4.42 Å². The third kappa shape index (κ3) is 1.76. The number of nitrogens with zero attached hydrogens (tertiary/aromatic N) is 1. The van der Waals surface area contributed by atoms with Gasteiger partial charge in [0.15, 0.2) is 0 Å². The maximum atomic E-state index is 5.09. The Balaban J connectivity index is 1.86. The number of anilines is 1. The molecule has 12 heavy (non-hydrogen) atoms. The fraction of sp³-hybridized carbons (Fsp3) is 0.625. The van der Waals surface area contributed by atoms with Crippen molar-refractivity contribution in [2.24, 2.45) is 0 Å². The smallest absolute Gasteiger partial charge is 0.294 e. The highest BCUT2D eigenvalue weighted by Gasteiger charge is 2.13. The molecule has 1 fully saturated rings. The van der Waals surface area contributed by atoms with Crippen molar-refractivity contribution in [3.8, 4) is 0 Å². The van der Waals surface area contributed by atoms with Crippen molar-refractivity contribution in [1.82, 2.24) is 10.3 Å². The zero-order valence-electron chi connectivity index (χ0n) is 6.92. The lowest BCUT2D eigenvalue weighted by molar-refractivity contribution is 0.463. The normalized spacial score (nSPS) is 23.8. The third-order valence-corrected chi connectivity index (χ3v) is 2.06. The third-order valence-electron chi connectivity index (χ3n) is 2.06. The lowest BCUT2D eigenvalue weighted by atomic mass is 10.1. The Morgan fingerprint density at radius 1 is 1.67 bits per heavy atom. The van der Waals surface area contributed by atoms with Crippen LogP contribution in [0.2, 0.25) is 0 Å². The molecule has 1 aliphatic rings. The molecule has 1 aromatic rings. The number of piperidine rings is 1.